The molecule has 0 saturated carbocycles. The summed E-state index contributed by atoms with van der Waals surface area (Å²) < 4.78 is 6.90. The summed E-state index contributed by atoms with van der Waals surface area (Å²) in [6.07, 6.45) is 0. The van der Waals surface area contributed by atoms with Crippen molar-refractivity contribution in [2.75, 3.05) is 0 Å². The van der Waals surface area contributed by atoms with Gasteiger partial charge >= 0.3 is 5.97 Å². The van der Waals surface area contributed by atoms with Gasteiger partial charge in [0.1, 0.15) is 11.5 Å². The van der Waals surface area contributed by atoms with Crippen LogP contribution in [-0.4, -0.2) is 11.1 Å². The van der Waals surface area contributed by atoms with E-state index >= 15 is 0 Å². The SMILES string of the molecule is C=c1c(C)c(C)c2c(c1C)Oc1c(C)c(C(C)(C)C)c(C)c(C)c1C=2c1c(C)c(C)c(C)c(C)c1C(=O)O. The summed E-state index contributed by atoms with van der Waals surface area (Å²) in [5, 5.41) is 12.6. The zero-order valence-electron chi connectivity index (χ0n) is 25.5. The summed E-state index contributed by atoms with van der Waals surface area (Å²) in [6.45, 7) is 32.0. The zero-order chi connectivity index (χ0) is 28.8. The maximum absolute atomic E-state index is 12.9. The first kappa shape index (κ1) is 27.7. The minimum atomic E-state index is -0.900. The topological polar surface area (TPSA) is 46.5 Å². The smallest absolute Gasteiger partial charge is 0.336 e. The summed E-state index contributed by atoms with van der Waals surface area (Å²) >= 11 is 0. The maximum atomic E-state index is 12.9. The van der Waals surface area contributed by atoms with Gasteiger partial charge in [-0.1, -0.05) is 27.4 Å². The summed E-state index contributed by atoms with van der Waals surface area (Å²) in [6, 6.07) is 0. The van der Waals surface area contributed by atoms with Gasteiger partial charge in [-0.05, 0) is 141 Å². The van der Waals surface area contributed by atoms with E-state index in [4.69, 9.17) is 4.74 Å². The molecule has 0 radical (unpaired) electrons. The van der Waals surface area contributed by atoms with Crippen molar-refractivity contribution >= 4 is 18.1 Å². The maximum Gasteiger partial charge on any atom is 0.336 e. The Labute approximate surface area is 227 Å². The fourth-order valence-corrected chi connectivity index (χ4v) is 6.67. The molecule has 0 saturated heterocycles. The molecule has 3 heteroatoms. The number of carbonyl (C=O) groups is 1. The molecule has 0 aliphatic carbocycles. The Morgan fingerprint density at radius 1 is 0.632 bits per heavy atom. The van der Waals surface area contributed by atoms with Crippen LogP contribution in [0.4, 0.5) is 0 Å². The largest absolute Gasteiger partial charge is 0.478 e. The highest BCUT2D eigenvalue weighted by Crippen LogP contribution is 2.48. The van der Waals surface area contributed by atoms with E-state index in [1.54, 1.807) is 0 Å². The molecule has 3 nitrogen and oxygen atoms in total. The highest BCUT2D eigenvalue weighted by atomic mass is 16.5. The van der Waals surface area contributed by atoms with Gasteiger partial charge in [-0.15, -0.1) is 0 Å². The first-order valence-electron chi connectivity index (χ1n) is 13.4. The average molecular weight is 511 g/mol. The molecule has 200 valence electrons. The number of rotatable bonds is 2. The Morgan fingerprint density at radius 3 is 1.68 bits per heavy atom. The van der Waals surface area contributed by atoms with Crippen molar-refractivity contribution < 1.29 is 14.6 Å². The van der Waals surface area contributed by atoms with Crippen molar-refractivity contribution in [1.29, 1.82) is 0 Å². The molecule has 4 rings (SSSR count). The highest BCUT2D eigenvalue weighted by molar-refractivity contribution is 6.02. The normalized spacial score (nSPS) is 12.8. The lowest BCUT2D eigenvalue weighted by Crippen LogP contribution is -2.30. The predicted molar refractivity (Wildman–Crippen MR) is 159 cm³/mol. The van der Waals surface area contributed by atoms with E-state index in [0.29, 0.717) is 5.56 Å². The third kappa shape index (κ3) is 3.66. The van der Waals surface area contributed by atoms with Crippen LogP contribution in [0.1, 0.15) is 103 Å². The van der Waals surface area contributed by atoms with Crippen LogP contribution in [0.5, 0.6) is 11.5 Å². The number of fused-ring (bicyclic) bond motifs is 2. The summed E-state index contributed by atoms with van der Waals surface area (Å²) in [4.78, 5) is 12.9. The van der Waals surface area contributed by atoms with Crippen LogP contribution in [0, 0.1) is 69.2 Å². The van der Waals surface area contributed by atoms with Crippen molar-refractivity contribution in [3.63, 3.8) is 0 Å². The van der Waals surface area contributed by atoms with Gasteiger partial charge in [0.25, 0.3) is 0 Å². The second kappa shape index (κ2) is 8.86. The van der Waals surface area contributed by atoms with Gasteiger partial charge in [0.05, 0.1) is 5.56 Å². The van der Waals surface area contributed by atoms with Crippen LogP contribution in [-0.2, 0) is 5.41 Å². The Balaban J connectivity index is 2.46. The number of benzene rings is 3. The third-order valence-corrected chi connectivity index (χ3v) is 9.27. The molecule has 0 amide bonds. The fourth-order valence-electron chi connectivity index (χ4n) is 6.67. The average Bonchev–Trinajstić information content (AvgIpc) is 2.83. The number of ether oxygens (including phenoxy) is 1. The van der Waals surface area contributed by atoms with Crippen molar-refractivity contribution in [3.05, 3.63) is 88.3 Å². The minimum absolute atomic E-state index is 0.0767. The number of hydrogen-bond acceptors (Lipinski definition) is 2. The lowest BCUT2D eigenvalue weighted by molar-refractivity contribution is 0.0695. The fraction of sp³-hybridized carbons (Fsp3) is 0.400. The first-order valence-corrected chi connectivity index (χ1v) is 13.4. The second-order valence-corrected chi connectivity index (χ2v) is 12.3. The third-order valence-electron chi connectivity index (χ3n) is 9.27. The van der Waals surface area contributed by atoms with Crippen LogP contribution >= 0.6 is 0 Å². The quantitative estimate of drug-likeness (QED) is 0.303. The van der Waals surface area contributed by atoms with Gasteiger partial charge in [-0.25, -0.2) is 4.79 Å². The monoisotopic (exact) mass is 510 g/mol. The molecule has 3 aromatic carbocycles. The minimum Gasteiger partial charge on any atom is -0.478 e. The summed E-state index contributed by atoms with van der Waals surface area (Å²) in [5.74, 6) is 0.722. The molecule has 1 heterocycles. The van der Waals surface area contributed by atoms with E-state index in [9.17, 15) is 9.90 Å². The van der Waals surface area contributed by atoms with Crippen LogP contribution in [0.3, 0.4) is 0 Å². The number of hydrogen-bond donors (Lipinski definition) is 1. The summed E-state index contributed by atoms with van der Waals surface area (Å²) in [7, 11) is 0. The van der Waals surface area contributed by atoms with E-state index < -0.39 is 5.97 Å². The highest BCUT2D eigenvalue weighted by Gasteiger charge is 2.35. The standard InChI is InChI=1S/C35H42O3/c1-15-16(2)21(7)29(34(36)37)26(19(15)5)30-27-20(6)17(3)18(4)24(10)32(27)38-33-25(11)31(35(12,13)14)23(9)22(8)28(30)33/h4H2,1-3,5-14H3,(H,36,37). The Hall–Kier alpha value is -3.33. The second-order valence-electron chi connectivity index (χ2n) is 12.3. The van der Waals surface area contributed by atoms with Gasteiger partial charge < -0.3 is 9.84 Å². The molecule has 0 bridgehead atoms. The van der Waals surface area contributed by atoms with Crippen molar-refractivity contribution in [2.45, 2.75) is 95.4 Å². The molecule has 0 spiro atoms. The Kier molecular flexibility index (Phi) is 6.46. The molecular formula is C35H42O3. The lowest BCUT2D eigenvalue weighted by atomic mass is 9.74. The lowest BCUT2D eigenvalue weighted by Gasteiger charge is -2.34. The van der Waals surface area contributed by atoms with Gasteiger partial charge in [0, 0.05) is 21.9 Å². The number of carboxylic acids is 1. The van der Waals surface area contributed by atoms with Gasteiger partial charge in [-0.3, -0.25) is 0 Å². The van der Waals surface area contributed by atoms with Gasteiger partial charge in [-0.2, -0.15) is 0 Å². The molecule has 1 N–H and O–H groups in total. The van der Waals surface area contributed by atoms with Gasteiger partial charge in [0.15, 0.2) is 0 Å². The number of carboxylic acid groups (broad SMARTS) is 1. The Morgan fingerprint density at radius 2 is 1.16 bits per heavy atom. The number of aromatic carboxylic acids is 1. The predicted octanol–water partition coefficient (Wildman–Crippen LogP) is 7.53. The first-order chi connectivity index (χ1) is 17.4. The van der Waals surface area contributed by atoms with E-state index in [-0.39, 0.29) is 5.41 Å². The Bertz CT molecular complexity index is 1690. The van der Waals surface area contributed by atoms with Crippen molar-refractivity contribution in [2.24, 2.45) is 0 Å². The van der Waals surface area contributed by atoms with Crippen LogP contribution in [0.15, 0.2) is 0 Å². The molecular weight excluding hydrogens is 468 g/mol. The molecule has 0 fully saturated rings. The van der Waals surface area contributed by atoms with Gasteiger partial charge in [0.2, 0.25) is 0 Å². The zero-order valence-corrected chi connectivity index (χ0v) is 25.5. The van der Waals surface area contributed by atoms with Crippen LogP contribution in [0.2, 0.25) is 0 Å². The van der Waals surface area contributed by atoms with E-state index in [0.717, 1.165) is 88.7 Å². The van der Waals surface area contributed by atoms with E-state index in [2.05, 4.69) is 82.7 Å². The van der Waals surface area contributed by atoms with E-state index in [1.165, 1.54) is 11.1 Å². The molecule has 0 unspecified atom stereocenters. The molecule has 0 aromatic heterocycles. The van der Waals surface area contributed by atoms with Crippen LogP contribution < -0.4 is 15.2 Å². The molecule has 1 aliphatic rings. The van der Waals surface area contributed by atoms with Crippen LogP contribution in [0.25, 0.3) is 12.2 Å². The van der Waals surface area contributed by atoms with Crippen molar-refractivity contribution in [1.82, 2.24) is 0 Å². The molecule has 0 atom stereocenters. The van der Waals surface area contributed by atoms with Crippen molar-refractivity contribution in [3.8, 4) is 11.5 Å². The summed E-state index contributed by atoms with van der Waals surface area (Å²) in [5.41, 5.74) is 15.0. The molecule has 3 aromatic rings. The molecule has 38 heavy (non-hydrogen) atoms. The van der Waals surface area contributed by atoms with E-state index in [1.807, 2.05) is 13.8 Å². The molecule has 1 aliphatic heterocycles.